The van der Waals surface area contributed by atoms with Crippen molar-refractivity contribution in [1.29, 1.82) is 0 Å². The fourth-order valence-electron chi connectivity index (χ4n) is 6.20. The van der Waals surface area contributed by atoms with Gasteiger partial charge in [-0.3, -0.25) is 19.2 Å². The smallest absolute Gasteiger partial charge is 0.338 e. The standard InChI is InChI=1S/C40H44N2O8/c1-3-5-7-9-11-13-23-49-39(47)27-15-19-29(20-16-27)41-35(43)31-25-33-34(26-32(31)36(41)44)38(46)42(37(33)45)30-21-17-28(18-22-30)40(48)50-24-14-12-10-8-6-4-2/h15-22,25-26H,3-14,23-24H2,1-2H3. The average Bonchev–Trinajstić information content (AvgIpc) is 3.52. The monoisotopic (exact) mass is 680 g/mol. The molecule has 0 aliphatic heterocycles. The van der Waals surface area contributed by atoms with E-state index in [0.717, 1.165) is 47.7 Å². The Labute approximate surface area is 290 Å². The van der Waals surface area contributed by atoms with Gasteiger partial charge in [0.15, 0.2) is 0 Å². The zero-order chi connectivity index (χ0) is 35.6. The highest BCUT2D eigenvalue weighted by molar-refractivity contribution is 5.98. The minimum atomic E-state index is -0.645. The molecule has 10 heteroatoms. The van der Waals surface area contributed by atoms with E-state index >= 15 is 0 Å². The van der Waals surface area contributed by atoms with Gasteiger partial charge in [0, 0.05) is 0 Å². The molecule has 0 unspecified atom stereocenters. The van der Waals surface area contributed by atoms with Crippen molar-refractivity contribution < 1.29 is 19.1 Å². The number of esters is 2. The molecular formula is C40H44N2O8. The predicted octanol–water partition coefficient (Wildman–Crippen LogP) is 6.93. The molecule has 50 heavy (non-hydrogen) atoms. The van der Waals surface area contributed by atoms with Crippen molar-refractivity contribution in [3.05, 3.63) is 113 Å². The summed E-state index contributed by atoms with van der Waals surface area (Å²) in [6.07, 6.45) is 12.9. The number of rotatable bonds is 18. The molecule has 0 N–H and O–H groups in total. The highest BCUT2D eigenvalue weighted by Gasteiger charge is 2.21. The van der Waals surface area contributed by atoms with Crippen LogP contribution in [-0.4, -0.2) is 34.3 Å². The van der Waals surface area contributed by atoms with Crippen molar-refractivity contribution in [2.24, 2.45) is 0 Å². The van der Waals surface area contributed by atoms with Crippen molar-refractivity contribution in [1.82, 2.24) is 9.13 Å². The molecule has 3 aromatic carbocycles. The van der Waals surface area contributed by atoms with Crippen LogP contribution in [0.15, 0.2) is 79.8 Å². The summed E-state index contributed by atoms with van der Waals surface area (Å²) in [5, 5.41) is 0.00974. The van der Waals surface area contributed by atoms with Crippen LogP contribution in [-0.2, 0) is 9.47 Å². The molecule has 262 valence electrons. The molecule has 0 fully saturated rings. The van der Waals surface area contributed by atoms with Crippen LogP contribution in [0.3, 0.4) is 0 Å². The first-order valence-corrected chi connectivity index (χ1v) is 17.8. The van der Waals surface area contributed by atoms with E-state index in [0.29, 0.717) is 24.3 Å². The van der Waals surface area contributed by atoms with Gasteiger partial charge in [0.05, 0.1) is 57.3 Å². The second-order valence-electron chi connectivity index (χ2n) is 12.7. The molecule has 2 heterocycles. The molecule has 0 saturated carbocycles. The Morgan fingerprint density at radius 3 is 1.08 bits per heavy atom. The number of fused-ring (bicyclic) bond motifs is 2. The topological polar surface area (TPSA) is 131 Å². The van der Waals surface area contributed by atoms with Gasteiger partial charge in [-0.05, 0) is 73.5 Å². The van der Waals surface area contributed by atoms with Crippen molar-refractivity contribution in [2.75, 3.05) is 13.2 Å². The van der Waals surface area contributed by atoms with Gasteiger partial charge in [0.2, 0.25) is 0 Å². The maximum atomic E-state index is 13.4. The normalized spacial score (nSPS) is 11.4. The number of hydrogen-bond acceptors (Lipinski definition) is 8. The van der Waals surface area contributed by atoms with E-state index < -0.39 is 34.2 Å². The maximum Gasteiger partial charge on any atom is 0.338 e. The average molecular weight is 681 g/mol. The largest absolute Gasteiger partial charge is 0.462 e. The van der Waals surface area contributed by atoms with E-state index in [2.05, 4.69) is 13.8 Å². The van der Waals surface area contributed by atoms with Gasteiger partial charge >= 0.3 is 11.9 Å². The minimum Gasteiger partial charge on any atom is -0.462 e. The Morgan fingerprint density at radius 2 is 0.760 bits per heavy atom. The predicted molar refractivity (Wildman–Crippen MR) is 195 cm³/mol. The Kier molecular flexibility index (Phi) is 12.3. The molecule has 0 spiro atoms. The Bertz CT molecular complexity index is 1920. The van der Waals surface area contributed by atoms with E-state index in [4.69, 9.17) is 9.47 Å². The van der Waals surface area contributed by atoms with Gasteiger partial charge in [0.25, 0.3) is 22.2 Å². The van der Waals surface area contributed by atoms with Crippen LogP contribution in [0.1, 0.15) is 112 Å². The molecule has 2 aromatic heterocycles. The number of carbonyl (C=O) groups excluding carboxylic acids is 2. The number of ether oxygens (including phenoxy) is 2. The first-order valence-electron chi connectivity index (χ1n) is 17.8. The van der Waals surface area contributed by atoms with Gasteiger partial charge in [0.1, 0.15) is 0 Å². The molecule has 5 rings (SSSR count). The van der Waals surface area contributed by atoms with Crippen LogP contribution < -0.4 is 22.2 Å². The molecule has 0 bridgehead atoms. The first kappa shape index (κ1) is 36.2. The summed E-state index contributed by atoms with van der Waals surface area (Å²) in [6, 6.07) is 14.5. The summed E-state index contributed by atoms with van der Waals surface area (Å²) in [4.78, 5) is 78.8. The van der Waals surface area contributed by atoms with Gasteiger partial charge < -0.3 is 9.47 Å². The second-order valence-corrected chi connectivity index (χ2v) is 12.7. The van der Waals surface area contributed by atoms with E-state index in [9.17, 15) is 28.8 Å². The van der Waals surface area contributed by atoms with Gasteiger partial charge in [-0.25, -0.2) is 18.7 Å². The second kappa shape index (κ2) is 17.0. The molecule has 0 amide bonds. The third kappa shape index (κ3) is 8.01. The van der Waals surface area contributed by atoms with Crippen LogP contribution in [0.25, 0.3) is 32.9 Å². The lowest BCUT2D eigenvalue weighted by Gasteiger charge is -2.06. The van der Waals surface area contributed by atoms with Crippen LogP contribution in [0.5, 0.6) is 0 Å². The van der Waals surface area contributed by atoms with E-state index in [1.807, 2.05) is 0 Å². The zero-order valence-corrected chi connectivity index (χ0v) is 28.8. The fraction of sp³-hybridized carbons (Fsp3) is 0.400. The van der Waals surface area contributed by atoms with E-state index in [-0.39, 0.29) is 32.9 Å². The Hall–Kier alpha value is -5.12. The molecule has 5 aromatic rings. The summed E-state index contributed by atoms with van der Waals surface area (Å²) >= 11 is 0. The van der Waals surface area contributed by atoms with E-state index in [1.165, 1.54) is 99.2 Å². The molecule has 10 nitrogen and oxygen atoms in total. The number of unbranched alkanes of at least 4 members (excludes halogenated alkanes) is 10. The number of carbonyl (C=O) groups is 2. The van der Waals surface area contributed by atoms with Crippen molar-refractivity contribution in [3.63, 3.8) is 0 Å². The summed E-state index contributed by atoms with van der Waals surface area (Å²) in [5.74, 6) is -0.966. The number of benzene rings is 3. The number of nitrogens with zero attached hydrogens (tertiary/aromatic N) is 2. The van der Waals surface area contributed by atoms with Crippen LogP contribution in [0.4, 0.5) is 0 Å². The summed E-state index contributed by atoms with van der Waals surface area (Å²) < 4.78 is 12.7. The van der Waals surface area contributed by atoms with E-state index in [1.54, 1.807) is 0 Å². The highest BCUT2D eigenvalue weighted by atomic mass is 16.5. The molecular weight excluding hydrogens is 636 g/mol. The third-order valence-electron chi connectivity index (χ3n) is 9.08. The first-order chi connectivity index (χ1) is 24.3. The number of hydrogen-bond donors (Lipinski definition) is 0. The highest BCUT2D eigenvalue weighted by Crippen LogP contribution is 2.19. The van der Waals surface area contributed by atoms with Gasteiger partial charge in [-0.2, -0.15) is 0 Å². The molecule has 0 aliphatic carbocycles. The SMILES string of the molecule is CCCCCCCCOC(=O)c1ccc(-n2c(=O)c3cc4c(=O)n(-c5ccc(C(=O)OCCCCCCCC)cc5)c(=O)c4cc3c2=O)cc1. The minimum absolute atomic E-state index is 0.00244. The third-order valence-corrected chi connectivity index (χ3v) is 9.08. The summed E-state index contributed by atoms with van der Waals surface area (Å²) in [6.45, 7) is 4.97. The Morgan fingerprint density at radius 1 is 0.460 bits per heavy atom. The fourth-order valence-corrected chi connectivity index (χ4v) is 6.20. The van der Waals surface area contributed by atoms with Crippen molar-refractivity contribution >= 4 is 33.5 Å². The van der Waals surface area contributed by atoms with Crippen LogP contribution >= 0.6 is 0 Å². The van der Waals surface area contributed by atoms with Crippen LogP contribution in [0, 0.1) is 0 Å². The Balaban J connectivity index is 1.30. The lowest BCUT2D eigenvalue weighted by atomic mass is 10.1. The van der Waals surface area contributed by atoms with Gasteiger partial charge in [-0.1, -0.05) is 78.1 Å². The van der Waals surface area contributed by atoms with Crippen LogP contribution in [0.2, 0.25) is 0 Å². The molecule has 0 saturated heterocycles. The van der Waals surface area contributed by atoms with Crippen molar-refractivity contribution in [3.8, 4) is 11.4 Å². The van der Waals surface area contributed by atoms with Gasteiger partial charge in [-0.15, -0.1) is 0 Å². The zero-order valence-electron chi connectivity index (χ0n) is 28.8. The lowest BCUT2D eigenvalue weighted by Crippen LogP contribution is -2.24. The quantitative estimate of drug-likeness (QED) is 0.0720. The van der Waals surface area contributed by atoms with Crippen molar-refractivity contribution in [2.45, 2.75) is 90.9 Å². The lowest BCUT2D eigenvalue weighted by molar-refractivity contribution is 0.0488. The molecule has 0 radical (unpaired) electrons. The number of aromatic nitrogens is 2. The summed E-state index contributed by atoms with van der Waals surface area (Å²) in [7, 11) is 0. The molecule has 0 aliphatic rings. The summed E-state index contributed by atoms with van der Waals surface area (Å²) in [5.41, 5.74) is -1.50. The molecule has 0 atom stereocenters. The maximum absolute atomic E-state index is 13.4.